The van der Waals surface area contributed by atoms with Gasteiger partial charge in [0, 0.05) is 19.3 Å². The highest BCUT2D eigenvalue weighted by molar-refractivity contribution is 7.90. The second-order valence-electron chi connectivity index (χ2n) is 6.78. The van der Waals surface area contributed by atoms with Crippen molar-refractivity contribution < 1.29 is 18.3 Å². The molecule has 1 aliphatic carbocycles. The summed E-state index contributed by atoms with van der Waals surface area (Å²) >= 11 is 0. The van der Waals surface area contributed by atoms with Crippen molar-refractivity contribution in [1.29, 1.82) is 0 Å². The van der Waals surface area contributed by atoms with Crippen molar-refractivity contribution in [2.45, 2.75) is 48.5 Å². The second-order valence-corrected chi connectivity index (χ2v) is 8.80. The van der Waals surface area contributed by atoms with E-state index in [-0.39, 0.29) is 10.8 Å². The Morgan fingerprint density at radius 3 is 2.57 bits per heavy atom. The summed E-state index contributed by atoms with van der Waals surface area (Å²) in [4.78, 5) is 15.1. The molecular formula is C17H23NO4S. The molecule has 1 heterocycles. The van der Waals surface area contributed by atoms with E-state index in [1.54, 1.807) is 23.1 Å². The maximum absolute atomic E-state index is 13.1. The summed E-state index contributed by atoms with van der Waals surface area (Å²) in [6, 6.07) is 6.82. The van der Waals surface area contributed by atoms with Gasteiger partial charge >= 0.3 is 0 Å². The van der Waals surface area contributed by atoms with Crippen LogP contribution in [0.3, 0.4) is 0 Å². The molecule has 6 heteroatoms. The summed E-state index contributed by atoms with van der Waals surface area (Å²) in [5.74, 6) is 0.0391. The Morgan fingerprint density at radius 1 is 1.30 bits per heavy atom. The van der Waals surface area contributed by atoms with Gasteiger partial charge in [-0.25, -0.2) is 8.42 Å². The second kappa shape index (κ2) is 5.91. The van der Waals surface area contributed by atoms with Crippen LogP contribution in [0.5, 0.6) is 0 Å². The highest BCUT2D eigenvalue weighted by atomic mass is 32.2. The third-order valence-corrected chi connectivity index (χ3v) is 6.24. The van der Waals surface area contributed by atoms with Gasteiger partial charge in [0.2, 0.25) is 5.91 Å². The summed E-state index contributed by atoms with van der Waals surface area (Å²) in [6.07, 6.45) is 4.77. The molecule has 1 saturated heterocycles. The van der Waals surface area contributed by atoms with E-state index < -0.39 is 21.4 Å². The van der Waals surface area contributed by atoms with Crippen LogP contribution in [0.15, 0.2) is 29.2 Å². The van der Waals surface area contributed by atoms with Crippen molar-refractivity contribution in [3.05, 3.63) is 29.8 Å². The molecule has 0 aromatic heterocycles. The Bertz CT molecular complexity index is 707. The van der Waals surface area contributed by atoms with Crippen LogP contribution in [0, 0.1) is 0 Å². The third kappa shape index (κ3) is 3.02. The van der Waals surface area contributed by atoms with Gasteiger partial charge in [0.05, 0.1) is 16.4 Å². The molecule has 1 atom stereocenters. The Labute approximate surface area is 137 Å². The van der Waals surface area contributed by atoms with Crippen molar-refractivity contribution in [2.24, 2.45) is 0 Å². The minimum atomic E-state index is -3.30. The molecule has 1 saturated carbocycles. The van der Waals surface area contributed by atoms with E-state index in [1.807, 2.05) is 6.07 Å². The van der Waals surface area contributed by atoms with Gasteiger partial charge in [-0.3, -0.25) is 4.79 Å². The number of sulfone groups is 1. The maximum atomic E-state index is 13.1. The van der Waals surface area contributed by atoms with Crippen molar-refractivity contribution in [3.8, 4) is 0 Å². The van der Waals surface area contributed by atoms with Gasteiger partial charge in [0.1, 0.15) is 0 Å². The number of nitrogens with zero attached hydrogens (tertiary/aromatic N) is 1. The molecule has 1 aromatic rings. The lowest BCUT2D eigenvalue weighted by atomic mass is 9.77. The van der Waals surface area contributed by atoms with Crippen LogP contribution in [0.2, 0.25) is 0 Å². The molecule has 0 radical (unpaired) electrons. The zero-order chi connectivity index (χ0) is 16.7. The van der Waals surface area contributed by atoms with E-state index in [2.05, 4.69) is 0 Å². The highest BCUT2D eigenvalue weighted by Gasteiger charge is 2.46. The fraction of sp³-hybridized carbons (Fsp3) is 0.588. The molecule has 5 nitrogen and oxygen atoms in total. The summed E-state index contributed by atoms with van der Waals surface area (Å²) in [5, 5.41) is 9.72. The van der Waals surface area contributed by atoms with Crippen molar-refractivity contribution >= 4 is 15.7 Å². The minimum absolute atomic E-state index is 0.0391. The lowest BCUT2D eigenvalue weighted by Crippen LogP contribution is -2.44. The monoisotopic (exact) mass is 337 g/mol. The average molecular weight is 337 g/mol. The van der Waals surface area contributed by atoms with Gasteiger partial charge in [0.15, 0.2) is 9.84 Å². The first-order valence-electron chi connectivity index (χ1n) is 8.11. The van der Waals surface area contributed by atoms with Gasteiger partial charge in [-0.1, -0.05) is 25.0 Å². The highest BCUT2D eigenvalue weighted by Crippen LogP contribution is 2.43. The molecule has 2 aliphatic rings. The fourth-order valence-corrected chi connectivity index (χ4v) is 4.52. The van der Waals surface area contributed by atoms with E-state index in [0.29, 0.717) is 19.5 Å². The van der Waals surface area contributed by atoms with Crippen LogP contribution in [0.25, 0.3) is 0 Å². The van der Waals surface area contributed by atoms with Crippen molar-refractivity contribution in [2.75, 3.05) is 19.3 Å². The molecule has 3 rings (SSSR count). The zero-order valence-corrected chi connectivity index (χ0v) is 14.2. The quantitative estimate of drug-likeness (QED) is 0.907. The number of amides is 1. The van der Waals surface area contributed by atoms with Crippen LogP contribution in [-0.2, 0) is 20.0 Å². The van der Waals surface area contributed by atoms with Gasteiger partial charge in [-0.15, -0.1) is 0 Å². The normalized spacial score (nSPS) is 24.1. The lowest BCUT2D eigenvalue weighted by molar-refractivity contribution is -0.136. The molecule has 1 aromatic carbocycles. The molecular weight excluding hydrogens is 314 g/mol. The number of benzene rings is 1. The molecule has 1 aliphatic heterocycles. The minimum Gasteiger partial charge on any atom is -0.391 e. The number of hydrogen-bond acceptors (Lipinski definition) is 4. The van der Waals surface area contributed by atoms with Crippen LogP contribution in [-0.4, -0.2) is 49.8 Å². The Morgan fingerprint density at radius 2 is 2.00 bits per heavy atom. The van der Waals surface area contributed by atoms with Gasteiger partial charge in [-0.05, 0) is 37.0 Å². The molecule has 0 bridgehead atoms. The van der Waals surface area contributed by atoms with Crippen LogP contribution in [0.4, 0.5) is 0 Å². The molecule has 1 amide bonds. The van der Waals surface area contributed by atoms with E-state index in [0.717, 1.165) is 31.2 Å². The molecule has 2 fully saturated rings. The van der Waals surface area contributed by atoms with Crippen LogP contribution in [0.1, 0.15) is 37.7 Å². The number of carbonyl (C=O) groups excluding carboxylic acids is 1. The summed E-state index contributed by atoms with van der Waals surface area (Å²) < 4.78 is 23.7. The van der Waals surface area contributed by atoms with Crippen LogP contribution < -0.4 is 0 Å². The first-order chi connectivity index (χ1) is 10.8. The van der Waals surface area contributed by atoms with Gasteiger partial charge in [-0.2, -0.15) is 0 Å². The smallest absolute Gasteiger partial charge is 0.233 e. The number of hydrogen-bond donors (Lipinski definition) is 1. The fourth-order valence-electron chi connectivity index (χ4n) is 3.86. The van der Waals surface area contributed by atoms with Crippen molar-refractivity contribution in [1.82, 2.24) is 4.90 Å². The average Bonchev–Trinajstić information content (AvgIpc) is 3.15. The summed E-state index contributed by atoms with van der Waals surface area (Å²) in [7, 11) is -3.30. The summed E-state index contributed by atoms with van der Waals surface area (Å²) in [6.45, 7) is 0.958. The number of likely N-dealkylation sites (tertiary alicyclic amines) is 1. The van der Waals surface area contributed by atoms with Gasteiger partial charge < -0.3 is 10.0 Å². The van der Waals surface area contributed by atoms with E-state index >= 15 is 0 Å². The third-order valence-electron chi connectivity index (χ3n) is 5.13. The molecule has 0 unspecified atom stereocenters. The Hall–Kier alpha value is -1.40. The number of aliphatic hydroxyl groups excluding tert-OH is 1. The predicted molar refractivity (Wildman–Crippen MR) is 86.9 cm³/mol. The largest absolute Gasteiger partial charge is 0.391 e. The molecule has 23 heavy (non-hydrogen) atoms. The number of carbonyl (C=O) groups is 1. The molecule has 0 spiro atoms. The Kier molecular flexibility index (Phi) is 4.23. The first kappa shape index (κ1) is 16.5. The molecule has 126 valence electrons. The number of aliphatic hydroxyl groups is 1. The SMILES string of the molecule is CS(=O)(=O)c1cccc(C2(C(=O)N3CC[C@H](O)C3)CCCC2)c1. The number of rotatable bonds is 3. The lowest BCUT2D eigenvalue weighted by Gasteiger charge is -2.33. The standard InChI is InChI=1S/C17H23NO4S/c1-23(21,22)15-6-4-5-13(11-15)17(8-2-3-9-17)16(20)18-10-7-14(19)12-18/h4-6,11,14,19H,2-3,7-10,12H2,1H3/t14-/m0/s1. The maximum Gasteiger partial charge on any atom is 0.233 e. The van der Waals surface area contributed by atoms with Gasteiger partial charge in [0.25, 0.3) is 0 Å². The predicted octanol–water partition coefficient (Wildman–Crippen LogP) is 1.50. The van der Waals surface area contributed by atoms with E-state index in [9.17, 15) is 18.3 Å². The molecule has 1 N–H and O–H groups in total. The first-order valence-corrected chi connectivity index (χ1v) is 10.0. The summed E-state index contributed by atoms with van der Waals surface area (Å²) in [5.41, 5.74) is 0.161. The number of β-amino-alcohol motifs (C(OH)–C–C–N with tert-alkyl or cyclic N) is 1. The Balaban J connectivity index is 2.00. The van der Waals surface area contributed by atoms with E-state index in [1.165, 1.54) is 6.26 Å². The zero-order valence-electron chi connectivity index (χ0n) is 13.4. The van der Waals surface area contributed by atoms with Crippen LogP contribution >= 0.6 is 0 Å². The van der Waals surface area contributed by atoms with E-state index in [4.69, 9.17) is 0 Å². The van der Waals surface area contributed by atoms with Crippen molar-refractivity contribution in [3.63, 3.8) is 0 Å². The topological polar surface area (TPSA) is 74.7 Å².